The van der Waals surface area contributed by atoms with Crippen molar-refractivity contribution in [3.05, 3.63) is 0 Å². The van der Waals surface area contributed by atoms with Gasteiger partial charge in [-0.2, -0.15) is 0 Å². The van der Waals surface area contributed by atoms with Crippen molar-refractivity contribution < 1.29 is 19.2 Å². The monoisotopic (exact) mass is 137 g/mol. The Hall–Kier alpha value is 1.02. The van der Waals surface area contributed by atoms with Gasteiger partial charge in [-0.25, -0.2) is 0 Å². The molecule has 0 aromatic heterocycles. The molecule has 0 atom stereocenters. The summed E-state index contributed by atoms with van der Waals surface area (Å²) in [6.45, 7) is 0. The standard InChI is InChI=1S/H3N.Na.H4O4Si.H/c;;1-5(2,3)4;/h1H3;;1-4H;. The fraction of sp³-hybridized carbons (Fsp3) is 0. The number of rotatable bonds is 0. The van der Waals surface area contributed by atoms with Gasteiger partial charge in [0, 0.05) is 0 Å². The summed E-state index contributed by atoms with van der Waals surface area (Å²) >= 11 is 0. The molecule has 0 aromatic rings. The molecular weight excluding hydrogens is 129 g/mol. The van der Waals surface area contributed by atoms with Crippen molar-refractivity contribution >= 4 is 38.6 Å². The summed E-state index contributed by atoms with van der Waals surface area (Å²) in [6.07, 6.45) is 0. The van der Waals surface area contributed by atoms with Crippen LogP contribution in [0.5, 0.6) is 0 Å². The predicted octanol–water partition coefficient (Wildman–Crippen LogP) is -3.10. The van der Waals surface area contributed by atoms with Crippen molar-refractivity contribution in [3.63, 3.8) is 0 Å². The molecule has 0 aliphatic heterocycles. The second kappa shape index (κ2) is 5.16. The second-order valence-electron chi connectivity index (χ2n) is 0.600. The van der Waals surface area contributed by atoms with Gasteiger partial charge in [0.05, 0.1) is 0 Å². The molecule has 0 bridgehead atoms. The molecule has 0 rings (SSSR count). The third-order valence-electron chi connectivity index (χ3n) is 0. The Morgan fingerprint density at radius 3 is 0.857 bits per heavy atom. The van der Waals surface area contributed by atoms with Crippen LogP contribution in [0.4, 0.5) is 0 Å². The van der Waals surface area contributed by atoms with Crippen molar-refractivity contribution in [1.82, 2.24) is 6.15 Å². The van der Waals surface area contributed by atoms with Crippen molar-refractivity contribution in [1.29, 1.82) is 0 Å². The van der Waals surface area contributed by atoms with Crippen LogP contribution in [-0.2, 0) is 0 Å². The van der Waals surface area contributed by atoms with Gasteiger partial charge in [0.2, 0.25) is 0 Å². The topological polar surface area (TPSA) is 116 Å². The molecule has 42 valence electrons. The Morgan fingerprint density at radius 2 is 0.857 bits per heavy atom. The molecule has 0 radical (unpaired) electrons. The Kier molecular flexibility index (Phi) is 11.6. The molecule has 0 unspecified atom stereocenters. The molecule has 0 aromatic carbocycles. The van der Waals surface area contributed by atoms with Crippen LogP contribution < -0.4 is 6.15 Å². The van der Waals surface area contributed by atoms with E-state index in [9.17, 15) is 0 Å². The minimum absolute atomic E-state index is 0. The summed E-state index contributed by atoms with van der Waals surface area (Å²) in [5, 5.41) is 0. The van der Waals surface area contributed by atoms with Crippen LogP contribution in [0.15, 0.2) is 0 Å². The van der Waals surface area contributed by atoms with Gasteiger partial charge in [0.25, 0.3) is 0 Å². The van der Waals surface area contributed by atoms with Crippen molar-refractivity contribution in [3.8, 4) is 0 Å². The second-order valence-corrected chi connectivity index (χ2v) is 1.80. The molecule has 0 saturated heterocycles. The van der Waals surface area contributed by atoms with E-state index in [0.29, 0.717) is 0 Å². The zero-order valence-electron chi connectivity index (χ0n) is 3.00. The van der Waals surface area contributed by atoms with Crippen molar-refractivity contribution in [2.24, 2.45) is 0 Å². The van der Waals surface area contributed by atoms with Crippen molar-refractivity contribution in [2.75, 3.05) is 0 Å². The van der Waals surface area contributed by atoms with Crippen LogP contribution in [0.25, 0.3) is 0 Å². The van der Waals surface area contributed by atoms with E-state index >= 15 is 0 Å². The first-order valence-corrected chi connectivity index (χ1v) is 2.68. The van der Waals surface area contributed by atoms with Crippen LogP contribution >= 0.6 is 0 Å². The first-order valence-electron chi connectivity index (χ1n) is 0.894. The average Bonchev–Trinajstić information content (AvgIpc) is 0.722. The molecule has 0 saturated carbocycles. The Morgan fingerprint density at radius 1 is 0.857 bits per heavy atom. The van der Waals surface area contributed by atoms with Gasteiger partial charge in [-0.3, -0.25) is 0 Å². The van der Waals surface area contributed by atoms with Gasteiger partial charge in [0.1, 0.15) is 0 Å². The maximum atomic E-state index is 7.33. The van der Waals surface area contributed by atoms with E-state index in [1.54, 1.807) is 0 Å². The summed E-state index contributed by atoms with van der Waals surface area (Å²) in [7, 11) is -4.61. The quantitative estimate of drug-likeness (QED) is 0.227. The molecule has 7 heavy (non-hydrogen) atoms. The van der Waals surface area contributed by atoms with E-state index in [1.807, 2.05) is 0 Å². The summed E-state index contributed by atoms with van der Waals surface area (Å²) in [4.78, 5) is 29.3. The van der Waals surface area contributed by atoms with E-state index in [0.717, 1.165) is 0 Å². The first kappa shape index (κ1) is 15.7. The fourth-order valence-corrected chi connectivity index (χ4v) is 0. The normalized spacial score (nSPS) is 8.57. The molecule has 0 spiro atoms. The Balaban J connectivity index is -0.0000000800. The van der Waals surface area contributed by atoms with Crippen molar-refractivity contribution in [2.45, 2.75) is 0 Å². The Labute approximate surface area is 64.0 Å². The van der Waals surface area contributed by atoms with Gasteiger partial charge < -0.3 is 25.3 Å². The molecule has 0 aliphatic rings. The van der Waals surface area contributed by atoms with Crippen LogP contribution in [0.2, 0.25) is 0 Å². The summed E-state index contributed by atoms with van der Waals surface area (Å²) in [5.41, 5.74) is 0. The van der Waals surface area contributed by atoms with Gasteiger partial charge in [-0.15, -0.1) is 0 Å². The third-order valence-corrected chi connectivity index (χ3v) is 0. The molecule has 7 N–H and O–H groups in total. The van der Waals surface area contributed by atoms with Gasteiger partial charge in [-0.05, 0) is 0 Å². The average molecular weight is 137 g/mol. The van der Waals surface area contributed by atoms with Crippen LogP contribution in [0.1, 0.15) is 0 Å². The number of hydrogen-bond acceptors (Lipinski definition) is 5. The SMILES string of the molecule is N.O[Si](O)(O)O.[NaH]. The third kappa shape index (κ3) is 171. The molecule has 0 fully saturated rings. The van der Waals surface area contributed by atoms with Crippen LogP contribution in [0, 0.1) is 0 Å². The molecule has 0 heterocycles. The molecule has 0 aliphatic carbocycles. The van der Waals surface area contributed by atoms with E-state index < -0.39 is 9.05 Å². The zero-order valence-corrected chi connectivity index (χ0v) is 4.00. The van der Waals surface area contributed by atoms with Crippen LogP contribution in [0.3, 0.4) is 0 Å². The van der Waals surface area contributed by atoms with E-state index in [2.05, 4.69) is 0 Å². The number of hydrogen-bond donors (Lipinski definition) is 5. The summed E-state index contributed by atoms with van der Waals surface area (Å²) in [5.74, 6) is 0. The molecule has 5 nitrogen and oxygen atoms in total. The van der Waals surface area contributed by atoms with Crippen LogP contribution in [-0.4, -0.2) is 57.8 Å². The fourth-order valence-electron chi connectivity index (χ4n) is 0. The molecular formula is H8NNaO4Si. The van der Waals surface area contributed by atoms with Gasteiger partial charge in [0.15, 0.2) is 0 Å². The maximum absolute atomic E-state index is 7.33. The predicted molar refractivity (Wildman–Crippen MR) is 26.8 cm³/mol. The van der Waals surface area contributed by atoms with E-state index in [4.69, 9.17) is 19.2 Å². The van der Waals surface area contributed by atoms with Gasteiger partial charge >= 0.3 is 38.6 Å². The van der Waals surface area contributed by atoms with Gasteiger partial charge in [-0.1, -0.05) is 0 Å². The summed E-state index contributed by atoms with van der Waals surface area (Å²) in [6, 6.07) is 0. The van der Waals surface area contributed by atoms with E-state index in [-0.39, 0.29) is 35.7 Å². The zero-order chi connectivity index (χ0) is 4.50. The molecule has 0 amide bonds. The minimum atomic E-state index is -4.61. The Bertz CT molecular complexity index is 27.2. The molecule has 7 heteroatoms. The summed E-state index contributed by atoms with van der Waals surface area (Å²) < 4.78 is 0. The first-order chi connectivity index (χ1) is 2.00. The van der Waals surface area contributed by atoms with E-state index in [1.165, 1.54) is 0 Å².